The van der Waals surface area contributed by atoms with Crippen molar-refractivity contribution in [3.05, 3.63) is 5.01 Å². The molecule has 7 nitrogen and oxygen atoms in total. The van der Waals surface area contributed by atoms with Gasteiger partial charge in [-0.3, -0.25) is 14.9 Å². The number of esters is 1. The lowest BCUT2D eigenvalue weighted by Crippen LogP contribution is -2.35. The molecule has 1 fully saturated rings. The number of carbonyl (C=O) groups excluding carboxylic acids is 2. The molecule has 0 radical (unpaired) electrons. The molecule has 2 N–H and O–H groups in total. The zero-order valence-electron chi connectivity index (χ0n) is 11.3. The standard InChI is InChI=1S/C12H18N4O3S/c1-19-10(17)6-2-5-9-15-16-12(20-9)14-11(18)8-4-3-7-13-8/h8,13H,2-7H2,1H3,(H,14,16,18). The number of ether oxygens (including phenoxy) is 1. The topological polar surface area (TPSA) is 93.2 Å². The molecule has 1 aromatic heterocycles. The highest BCUT2D eigenvalue weighted by molar-refractivity contribution is 7.15. The van der Waals surface area contributed by atoms with Crippen LogP contribution in [0.25, 0.3) is 0 Å². The summed E-state index contributed by atoms with van der Waals surface area (Å²) in [7, 11) is 1.37. The first-order valence-corrected chi connectivity index (χ1v) is 7.44. The summed E-state index contributed by atoms with van der Waals surface area (Å²) in [5, 5.41) is 15.2. The number of nitrogens with zero attached hydrogens (tertiary/aromatic N) is 2. The van der Waals surface area contributed by atoms with Gasteiger partial charge in [0.05, 0.1) is 13.2 Å². The predicted octanol–water partition coefficient (Wildman–Crippen LogP) is 0.724. The van der Waals surface area contributed by atoms with E-state index in [0.717, 1.165) is 24.4 Å². The average Bonchev–Trinajstić information content (AvgIpc) is 3.10. The van der Waals surface area contributed by atoms with Crippen LogP contribution in [0.15, 0.2) is 0 Å². The van der Waals surface area contributed by atoms with Crippen LogP contribution < -0.4 is 10.6 Å². The molecule has 1 aliphatic rings. The second-order valence-electron chi connectivity index (χ2n) is 4.57. The van der Waals surface area contributed by atoms with Crippen molar-refractivity contribution in [2.75, 3.05) is 19.0 Å². The van der Waals surface area contributed by atoms with Crippen molar-refractivity contribution in [3.8, 4) is 0 Å². The maximum Gasteiger partial charge on any atom is 0.305 e. The van der Waals surface area contributed by atoms with Gasteiger partial charge in [0, 0.05) is 12.8 Å². The minimum atomic E-state index is -0.227. The highest BCUT2D eigenvalue weighted by atomic mass is 32.1. The minimum absolute atomic E-state index is 0.0558. The van der Waals surface area contributed by atoms with E-state index < -0.39 is 0 Å². The number of hydrogen-bond acceptors (Lipinski definition) is 7. The van der Waals surface area contributed by atoms with Crippen LogP contribution in [0.4, 0.5) is 5.13 Å². The molecule has 1 aliphatic heterocycles. The Balaban J connectivity index is 1.76. The largest absolute Gasteiger partial charge is 0.469 e. The van der Waals surface area contributed by atoms with E-state index in [1.807, 2.05) is 0 Å². The molecular formula is C12H18N4O3S. The summed E-state index contributed by atoms with van der Waals surface area (Å²) >= 11 is 1.35. The predicted molar refractivity (Wildman–Crippen MR) is 74.5 cm³/mol. The molecule has 8 heteroatoms. The van der Waals surface area contributed by atoms with Crippen molar-refractivity contribution in [1.82, 2.24) is 15.5 Å². The van der Waals surface area contributed by atoms with Crippen molar-refractivity contribution in [2.45, 2.75) is 38.1 Å². The first kappa shape index (κ1) is 14.9. The number of anilines is 1. The average molecular weight is 298 g/mol. The van der Waals surface area contributed by atoms with Gasteiger partial charge in [0.1, 0.15) is 5.01 Å². The van der Waals surface area contributed by atoms with Crippen LogP contribution >= 0.6 is 11.3 Å². The molecule has 0 bridgehead atoms. The molecule has 0 saturated carbocycles. The van der Waals surface area contributed by atoms with Crippen molar-refractivity contribution in [1.29, 1.82) is 0 Å². The Labute approximate surface area is 121 Å². The van der Waals surface area contributed by atoms with Crippen molar-refractivity contribution in [3.63, 3.8) is 0 Å². The molecule has 110 valence electrons. The highest BCUT2D eigenvalue weighted by Gasteiger charge is 2.22. The number of hydrogen-bond donors (Lipinski definition) is 2. The van der Waals surface area contributed by atoms with Gasteiger partial charge < -0.3 is 10.1 Å². The number of nitrogens with one attached hydrogen (secondary N) is 2. The molecular weight excluding hydrogens is 280 g/mol. The van der Waals surface area contributed by atoms with E-state index in [2.05, 4.69) is 25.6 Å². The van der Waals surface area contributed by atoms with E-state index in [4.69, 9.17) is 0 Å². The molecule has 1 amide bonds. The summed E-state index contributed by atoms with van der Waals surface area (Å²) < 4.78 is 4.57. The second kappa shape index (κ2) is 7.30. The molecule has 1 atom stereocenters. The van der Waals surface area contributed by atoms with Crippen LogP contribution in [0.2, 0.25) is 0 Å². The van der Waals surface area contributed by atoms with Crippen LogP contribution in [0.1, 0.15) is 30.7 Å². The normalized spacial score (nSPS) is 17.9. The van der Waals surface area contributed by atoms with E-state index in [1.54, 1.807) is 0 Å². The van der Waals surface area contributed by atoms with Gasteiger partial charge in [-0.15, -0.1) is 10.2 Å². The summed E-state index contributed by atoms with van der Waals surface area (Å²) in [6, 6.07) is -0.123. The van der Waals surface area contributed by atoms with E-state index in [1.165, 1.54) is 18.4 Å². The van der Waals surface area contributed by atoms with Gasteiger partial charge in [0.25, 0.3) is 0 Å². The maximum atomic E-state index is 11.9. The van der Waals surface area contributed by atoms with Gasteiger partial charge in [0.2, 0.25) is 11.0 Å². The molecule has 0 aliphatic carbocycles. The lowest BCUT2D eigenvalue weighted by Gasteiger charge is -2.07. The first-order chi connectivity index (χ1) is 9.69. The Hall–Kier alpha value is -1.54. The molecule has 20 heavy (non-hydrogen) atoms. The van der Waals surface area contributed by atoms with Crippen LogP contribution in [0.5, 0.6) is 0 Å². The lowest BCUT2D eigenvalue weighted by atomic mass is 10.2. The van der Waals surface area contributed by atoms with Gasteiger partial charge in [-0.2, -0.15) is 0 Å². The Morgan fingerprint density at radius 2 is 2.35 bits per heavy atom. The number of amides is 1. The van der Waals surface area contributed by atoms with Crippen LogP contribution in [0.3, 0.4) is 0 Å². The Bertz CT molecular complexity index is 471. The van der Waals surface area contributed by atoms with Gasteiger partial charge in [-0.25, -0.2) is 0 Å². The Morgan fingerprint density at radius 1 is 1.50 bits per heavy atom. The van der Waals surface area contributed by atoms with E-state index >= 15 is 0 Å². The fourth-order valence-corrected chi connectivity index (χ4v) is 2.78. The Kier molecular flexibility index (Phi) is 5.42. The monoisotopic (exact) mass is 298 g/mol. The third-order valence-electron chi connectivity index (χ3n) is 3.07. The third kappa shape index (κ3) is 4.24. The van der Waals surface area contributed by atoms with Crippen LogP contribution in [0, 0.1) is 0 Å². The van der Waals surface area contributed by atoms with E-state index in [-0.39, 0.29) is 17.9 Å². The van der Waals surface area contributed by atoms with Crippen LogP contribution in [-0.4, -0.2) is 41.8 Å². The fraction of sp³-hybridized carbons (Fsp3) is 0.667. The number of aromatic nitrogens is 2. The quantitative estimate of drug-likeness (QED) is 0.752. The van der Waals surface area contributed by atoms with Crippen molar-refractivity contribution in [2.24, 2.45) is 0 Å². The molecule has 2 rings (SSSR count). The summed E-state index contributed by atoms with van der Waals surface area (Å²) in [5.74, 6) is -0.282. The van der Waals surface area contributed by atoms with Gasteiger partial charge in [-0.1, -0.05) is 11.3 Å². The minimum Gasteiger partial charge on any atom is -0.469 e. The van der Waals surface area contributed by atoms with E-state index in [9.17, 15) is 9.59 Å². The molecule has 0 aromatic carbocycles. The van der Waals surface area contributed by atoms with E-state index in [0.29, 0.717) is 24.4 Å². The summed E-state index contributed by atoms with van der Waals surface area (Å²) in [6.45, 7) is 0.882. The third-order valence-corrected chi connectivity index (χ3v) is 3.97. The maximum absolute atomic E-state index is 11.9. The number of carbonyl (C=O) groups is 2. The smallest absolute Gasteiger partial charge is 0.305 e. The van der Waals surface area contributed by atoms with Crippen molar-refractivity contribution < 1.29 is 14.3 Å². The highest BCUT2D eigenvalue weighted by Crippen LogP contribution is 2.18. The summed E-state index contributed by atoms with van der Waals surface area (Å²) in [5.41, 5.74) is 0. The summed E-state index contributed by atoms with van der Waals surface area (Å²) in [6.07, 6.45) is 3.57. The Morgan fingerprint density at radius 3 is 3.05 bits per heavy atom. The molecule has 0 spiro atoms. The number of aryl methyl sites for hydroxylation is 1. The second-order valence-corrected chi connectivity index (χ2v) is 5.63. The molecule has 1 unspecified atom stereocenters. The fourth-order valence-electron chi connectivity index (χ4n) is 1.99. The SMILES string of the molecule is COC(=O)CCCc1nnc(NC(=O)C2CCCN2)s1. The molecule has 1 aromatic rings. The number of methoxy groups -OCH3 is 1. The number of rotatable bonds is 6. The van der Waals surface area contributed by atoms with Crippen LogP contribution in [-0.2, 0) is 20.7 Å². The van der Waals surface area contributed by atoms with Gasteiger partial charge in [0.15, 0.2) is 0 Å². The summed E-state index contributed by atoms with van der Waals surface area (Å²) in [4.78, 5) is 22.9. The van der Waals surface area contributed by atoms with Gasteiger partial charge in [-0.05, 0) is 25.8 Å². The van der Waals surface area contributed by atoms with Gasteiger partial charge >= 0.3 is 5.97 Å². The zero-order chi connectivity index (χ0) is 14.4. The lowest BCUT2D eigenvalue weighted by molar-refractivity contribution is -0.140. The molecule has 1 saturated heterocycles. The first-order valence-electron chi connectivity index (χ1n) is 6.62. The van der Waals surface area contributed by atoms with Crippen molar-refractivity contribution >= 4 is 28.3 Å². The zero-order valence-corrected chi connectivity index (χ0v) is 12.2. The molecule has 2 heterocycles.